The predicted octanol–water partition coefficient (Wildman–Crippen LogP) is 3.37. The normalized spacial score (nSPS) is 21.6. The molecule has 152 valence electrons. The zero-order valence-corrected chi connectivity index (χ0v) is 16.4. The van der Waals surface area contributed by atoms with Crippen molar-refractivity contribution in [2.24, 2.45) is 0 Å². The van der Waals surface area contributed by atoms with Crippen LogP contribution in [0.15, 0.2) is 24.3 Å². The molecule has 1 aromatic carbocycles. The van der Waals surface area contributed by atoms with E-state index in [2.05, 4.69) is 9.88 Å². The summed E-state index contributed by atoms with van der Waals surface area (Å²) in [5, 5.41) is 2.50. The molecule has 0 bridgehead atoms. The summed E-state index contributed by atoms with van der Waals surface area (Å²) in [6.45, 7) is 4.77. The Balaban J connectivity index is 1.59. The third-order valence-electron chi connectivity index (χ3n) is 5.77. The highest BCUT2D eigenvalue weighted by Crippen LogP contribution is 2.38. The number of aromatic nitrogens is 1. The number of carbonyl (C=O) groups is 3. The van der Waals surface area contributed by atoms with E-state index in [0.717, 1.165) is 41.3 Å². The van der Waals surface area contributed by atoms with Crippen LogP contribution < -0.4 is 5.32 Å². The fourth-order valence-corrected chi connectivity index (χ4v) is 4.03. The van der Waals surface area contributed by atoms with Crippen molar-refractivity contribution in [2.75, 3.05) is 6.54 Å². The molecule has 2 heterocycles. The van der Waals surface area contributed by atoms with E-state index in [1.54, 1.807) is 6.07 Å². The van der Waals surface area contributed by atoms with Crippen LogP contribution in [0.4, 0.5) is 13.6 Å². The van der Waals surface area contributed by atoms with E-state index in [1.807, 2.05) is 13.8 Å². The minimum Gasteiger partial charge on any atom is -0.345 e. The molecule has 6 nitrogen and oxygen atoms in total. The van der Waals surface area contributed by atoms with E-state index < -0.39 is 35.7 Å². The van der Waals surface area contributed by atoms with Crippen LogP contribution in [0, 0.1) is 25.5 Å². The van der Waals surface area contributed by atoms with Crippen molar-refractivity contribution in [1.82, 2.24) is 14.8 Å². The second kappa shape index (κ2) is 6.50. The van der Waals surface area contributed by atoms with Gasteiger partial charge in [-0.3, -0.25) is 14.5 Å². The van der Waals surface area contributed by atoms with Gasteiger partial charge in [-0.2, -0.15) is 0 Å². The molecule has 1 saturated carbocycles. The lowest BCUT2D eigenvalue weighted by Gasteiger charge is -2.22. The molecule has 4 rings (SSSR count). The first-order valence-electron chi connectivity index (χ1n) is 9.44. The van der Waals surface area contributed by atoms with Gasteiger partial charge in [0.2, 0.25) is 0 Å². The van der Waals surface area contributed by atoms with Crippen LogP contribution >= 0.6 is 0 Å². The third-order valence-corrected chi connectivity index (χ3v) is 5.77. The molecule has 1 atom stereocenters. The Hall–Kier alpha value is -3.03. The van der Waals surface area contributed by atoms with E-state index in [0.29, 0.717) is 11.6 Å². The standard InChI is InChI=1S/C21H21F2N3O3/c1-11-8-15(12(2)26(11)14-5-6-14)18(27)10-25-19(28)21(3,24-20(25)29)13-4-7-16(22)17(23)9-13/h4,7-9,14H,5-6,10H2,1-3H3,(H,24,29)/t21-/m0/s1. The van der Waals surface area contributed by atoms with Crippen LogP contribution in [0.3, 0.4) is 0 Å². The number of imide groups is 1. The highest BCUT2D eigenvalue weighted by atomic mass is 19.2. The van der Waals surface area contributed by atoms with E-state index in [-0.39, 0.29) is 11.3 Å². The maximum absolute atomic E-state index is 13.6. The van der Waals surface area contributed by atoms with E-state index in [9.17, 15) is 23.2 Å². The Bertz CT molecular complexity index is 1060. The molecule has 0 spiro atoms. The molecule has 8 heteroatoms. The number of hydrogen-bond acceptors (Lipinski definition) is 3. The van der Waals surface area contributed by atoms with Gasteiger partial charge in [0.1, 0.15) is 5.54 Å². The zero-order chi connectivity index (χ0) is 21.1. The molecular weight excluding hydrogens is 380 g/mol. The molecule has 1 aliphatic heterocycles. The van der Waals surface area contributed by atoms with Crippen LogP contribution in [0.2, 0.25) is 0 Å². The Kier molecular flexibility index (Phi) is 4.33. The number of nitrogens with zero attached hydrogens (tertiary/aromatic N) is 2. The largest absolute Gasteiger partial charge is 0.345 e. The lowest BCUT2D eigenvalue weighted by Crippen LogP contribution is -2.41. The van der Waals surface area contributed by atoms with Crippen molar-refractivity contribution < 1.29 is 23.2 Å². The smallest absolute Gasteiger partial charge is 0.325 e. The van der Waals surface area contributed by atoms with Crippen LogP contribution in [0.1, 0.15) is 53.1 Å². The predicted molar refractivity (Wildman–Crippen MR) is 100 cm³/mol. The molecular formula is C21H21F2N3O3. The van der Waals surface area contributed by atoms with Gasteiger partial charge in [-0.25, -0.2) is 13.6 Å². The second-order valence-corrected chi connectivity index (χ2v) is 7.88. The molecule has 2 aliphatic rings. The first-order chi connectivity index (χ1) is 13.6. The molecule has 1 N–H and O–H groups in total. The van der Waals surface area contributed by atoms with Gasteiger partial charge in [0.25, 0.3) is 5.91 Å². The summed E-state index contributed by atoms with van der Waals surface area (Å²) in [7, 11) is 0. The number of nitrogens with one attached hydrogen (secondary N) is 1. The Morgan fingerprint density at radius 1 is 1.17 bits per heavy atom. The van der Waals surface area contributed by atoms with Crippen molar-refractivity contribution in [3.05, 3.63) is 58.4 Å². The minimum absolute atomic E-state index is 0.108. The maximum Gasteiger partial charge on any atom is 0.325 e. The fraction of sp³-hybridized carbons (Fsp3) is 0.381. The first kappa shape index (κ1) is 19.3. The van der Waals surface area contributed by atoms with Gasteiger partial charge in [0.05, 0.1) is 6.54 Å². The average Bonchev–Trinajstić information content (AvgIpc) is 3.41. The Morgan fingerprint density at radius 3 is 2.48 bits per heavy atom. The molecule has 1 saturated heterocycles. The second-order valence-electron chi connectivity index (χ2n) is 7.88. The summed E-state index contributed by atoms with van der Waals surface area (Å²) >= 11 is 0. The summed E-state index contributed by atoms with van der Waals surface area (Å²) in [4.78, 5) is 39.1. The van der Waals surface area contributed by atoms with Crippen LogP contribution in [-0.2, 0) is 10.3 Å². The fourth-order valence-electron chi connectivity index (χ4n) is 4.03. The summed E-state index contributed by atoms with van der Waals surface area (Å²) in [5.41, 5.74) is 0.812. The minimum atomic E-state index is -1.57. The van der Waals surface area contributed by atoms with E-state index in [1.165, 1.54) is 13.0 Å². The Morgan fingerprint density at radius 2 is 1.86 bits per heavy atom. The quantitative estimate of drug-likeness (QED) is 0.617. The number of ketones is 1. The van der Waals surface area contributed by atoms with Crippen molar-refractivity contribution in [1.29, 1.82) is 0 Å². The number of carbonyl (C=O) groups excluding carboxylic acids is 3. The molecule has 2 fully saturated rings. The molecule has 1 aromatic heterocycles. The number of aryl methyl sites for hydroxylation is 1. The number of urea groups is 1. The van der Waals surface area contributed by atoms with Gasteiger partial charge in [-0.1, -0.05) is 6.07 Å². The van der Waals surface area contributed by atoms with Crippen molar-refractivity contribution in [3.63, 3.8) is 0 Å². The average molecular weight is 401 g/mol. The summed E-state index contributed by atoms with van der Waals surface area (Å²) < 4.78 is 29.0. The molecule has 0 radical (unpaired) electrons. The van der Waals surface area contributed by atoms with Crippen molar-refractivity contribution >= 4 is 17.7 Å². The number of Topliss-reactive ketones (excluding diaryl/α,β-unsaturated/α-hetero) is 1. The molecule has 0 unspecified atom stereocenters. The van der Waals surface area contributed by atoms with Gasteiger partial charge < -0.3 is 9.88 Å². The third kappa shape index (κ3) is 3.03. The molecule has 1 aliphatic carbocycles. The molecule has 2 aromatic rings. The number of rotatable bonds is 5. The lowest BCUT2D eigenvalue weighted by molar-refractivity contribution is -0.130. The monoisotopic (exact) mass is 401 g/mol. The van der Waals surface area contributed by atoms with Crippen LogP contribution in [-0.4, -0.2) is 33.7 Å². The summed E-state index contributed by atoms with van der Waals surface area (Å²) in [5.74, 6) is -3.19. The van der Waals surface area contributed by atoms with Gasteiger partial charge in [-0.15, -0.1) is 0 Å². The SMILES string of the molecule is Cc1cc(C(=O)CN2C(=O)N[C@@](C)(c3ccc(F)c(F)c3)C2=O)c(C)n1C1CC1. The Labute approximate surface area is 166 Å². The molecule has 3 amide bonds. The maximum atomic E-state index is 13.6. The van der Waals surface area contributed by atoms with E-state index in [4.69, 9.17) is 0 Å². The number of hydrogen-bond donors (Lipinski definition) is 1. The van der Waals surface area contributed by atoms with Gasteiger partial charge >= 0.3 is 6.03 Å². The zero-order valence-electron chi connectivity index (χ0n) is 16.4. The number of amides is 3. The van der Waals surface area contributed by atoms with Crippen molar-refractivity contribution in [2.45, 2.75) is 45.2 Å². The van der Waals surface area contributed by atoms with Gasteiger partial charge in [0, 0.05) is 23.0 Å². The van der Waals surface area contributed by atoms with E-state index >= 15 is 0 Å². The van der Waals surface area contributed by atoms with Gasteiger partial charge in [-0.05, 0) is 57.4 Å². The topological polar surface area (TPSA) is 71.4 Å². The lowest BCUT2D eigenvalue weighted by atomic mass is 9.92. The summed E-state index contributed by atoms with van der Waals surface area (Å²) in [6, 6.07) is 4.46. The first-order valence-corrected chi connectivity index (χ1v) is 9.44. The highest BCUT2D eigenvalue weighted by Gasteiger charge is 2.49. The van der Waals surface area contributed by atoms with Gasteiger partial charge in [0.15, 0.2) is 17.4 Å². The van der Waals surface area contributed by atoms with Crippen LogP contribution in [0.5, 0.6) is 0 Å². The number of halogens is 2. The highest BCUT2D eigenvalue weighted by molar-refractivity contribution is 6.11. The summed E-state index contributed by atoms with van der Waals surface area (Å²) in [6.07, 6.45) is 2.15. The van der Waals surface area contributed by atoms with Crippen LogP contribution in [0.25, 0.3) is 0 Å². The number of benzene rings is 1. The van der Waals surface area contributed by atoms with Crippen molar-refractivity contribution in [3.8, 4) is 0 Å². The molecule has 29 heavy (non-hydrogen) atoms.